The van der Waals surface area contributed by atoms with Crippen molar-refractivity contribution < 1.29 is 4.39 Å². The SMILES string of the molecule is [C-]#[N+]c1ccc2c(n1)c(N1C[C@@H](CC)N(C(c3ccc(F)cc3)c3cnc(C4CC4)s3)C[C@@H]1C)nc(=O)n2C. The van der Waals surface area contributed by atoms with Gasteiger partial charge >= 0.3 is 5.69 Å². The van der Waals surface area contributed by atoms with Crippen molar-refractivity contribution >= 4 is 34.0 Å². The van der Waals surface area contributed by atoms with Crippen LogP contribution in [0.5, 0.6) is 0 Å². The van der Waals surface area contributed by atoms with Gasteiger partial charge in [0.1, 0.15) is 5.82 Å². The number of fused-ring (bicyclic) bond motifs is 1. The highest BCUT2D eigenvalue weighted by molar-refractivity contribution is 7.11. The van der Waals surface area contributed by atoms with Gasteiger partial charge in [0, 0.05) is 49.2 Å². The first-order valence-corrected chi connectivity index (χ1v) is 14.2. The minimum absolute atomic E-state index is 0.00720. The van der Waals surface area contributed by atoms with E-state index in [4.69, 9.17) is 11.6 Å². The van der Waals surface area contributed by atoms with E-state index in [1.54, 1.807) is 30.5 Å². The van der Waals surface area contributed by atoms with Gasteiger partial charge in [-0.25, -0.2) is 14.2 Å². The molecule has 1 aromatic carbocycles. The van der Waals surface area contributed by atoms with Crippen molar-refractivity contribution in [3.8, 4) is 0 Å². The first-order chi connectivity index (χ1) is 18.9. The van der Waals surface area contributed by atoms with Crippen LogP contribution in [0.1, 0.15) is 60.5 Å². The van der Waals surface area contributed by atoms with E-state index in [0.29, 0.717) is 35.9 Å². The Morgan fingerprint density at radius 3 is 2.62 bits per heavy atom. The van der Waals surface area contributed by atoms with Crippen molar-refractivity contribution in [1.29, 1.82) is 0 Å². The van der Waals surface area contributed by atoms with Gasteiger partial charge in [-0.05, 0) is 56.0 Å². The topological polar surface area (TPSA) is 71.5 Å². The van der Waals surface area contributed by atoms with Crippen LogP contribution in [0, 0.1) is 12.4 Å². The highest BCUT2D eigenvalue weighted by Gasteiger charge is 2.39. The predicted octanol–water partition coefficient (Wildman–Crippen LogP) is 5.43. The highest BCUT2D eigenvalue weighted by Crippen LogP contribution is 2.45. The second-order valence-corrected chi connectivity index (χ2v) is 11.6. The summed E-state index contributed by atoms with van der Waals surface area (Å²) < 4.78 is 15.4. The first-order valence-electron chi connectivity index (χ1n) is 13.4. The number of benzene rings is 1. The zero-order valence-electron chi connectivity index (χ0n) is 22.2. The lowest BCUT2D eigenvalue weighted by Crippen LogP contribution is -2.58. The van der Waals surface area contributed by atoms with Crippen LogP contribution in [0.3, 0.4) is 0 Å². The molecule has 4 heterocycles. The molecule has 3 atom stereocenters. The van der Waals surface area contributed by atoms with Crippen molar-refractivity contribution in [2.45, 2.75) is 57.2 Å². The average Bonchev–Trinajstić information content (AvgIpc) is 3.69. The van der Waals surface area contributed by atoms with Crippen LogP contribution in [-0.2, 0) is 7.05 Å². The number of hydrogen-bond donors (Lipinski definition) is 0. The molecule has 1 saturated carbocycles. The molecule has 1 aliphatic carbocycles. The van der Waals surface area contributed by atoms with Gasteiger partial charge in [-0.3, -0.25) is 9.47 Å². The molecule has 0 radical (unpaired) electrons. The minimum atomic E-state index is -0.348. The second kappa shape index (κ2) is 10.1. The van der Waals surface area contributed by atoms with E-state index in [1.165, 1.54) is 39.4 Å². The number of aromatic nitrogens is 4. The Morgan fingerprint density at radius 1 is 1.15 bits per heavy atom. The van der Waals surface area contributed by atoms with Gasteiger partial charge in [-0.15, -0.1) is 16.3 Å². The van der Waals surface area contributed by atoms with Crippen molar-refractivity contribution in [3.63, 3.8) is 0 Å². The van der Waals surface area contributed by atoms with Crippen molar-refractivity contribution in [2.75, 3.05) is 18.0 Å². The summed E-state index contributed by atoms with van der Waals surface area (Å²) in [5.74, 6) is 1.12. The molecular weight excluding hydrogens is 513 g/mol. The second-order valence-electron chi connectivity index (χ2n) is 10.5. The molecular formula is C29H30FN7OS. The predicted molar refractivity (Wildman–Crippen MR) is 151 cm³/mol. The smallest absolute Gasteiger partial charge is 0.350 e. The Labute approximate surface area is 230 Å². The van der Waals surface area contributed by atoms with Gasteiger partial charge in [-0.2, -0.15) is 4.98 Å². The number of thiazole rings is 1. The number of aryl methyl sites for hydroxylation is 1. The fraction of sp³-hybridized carbons (Fsp3) is 0.414. The molecule has 1 saturated heterocycles. The zero-order chi connectivity index (χ0) is 27.3. The Morgan fingerprint density at radius 2 is 1.92 bits per heavy atom. The van der Waals surface area contributed by atoms with E-state index in [1.807, 2.05) is 18.3 Å². The molecule has 0 amide bonds. The maximum Gasteiger partial charge on any atom is 0.350 e. The summed E-state index contributed by atoms with van der Waals surface area (Å²) in [6, 6.07) is 10.3. The number of pyridine rings is 1. The Balaban J connectivity index is 1.40. The van der Waals surface area contributed by atoms with Crippen molar-refractivity contribution in [2.24, 2.45) is 7.05 Å². The number of halogens is 1. The highest BCUT2D eigenvalue weighted by atomic mass is 32.1. The quantitative estimate of drug-likeness (QED) is 0.302. The number of hydrogen-bond acceptors (Lipinski definition) is 7. The molecule has 1 aliphatic heterocycles. The fourth-order valence-electron chi connectivity index (χ4n) is 5.61. The lowest BCUT2D eigenvalue weighted by molar-refractivity contribution is 0.117. The molecule has 200 valence electrons. The van der Waals surface area contributed by atoms with Gasteiger partial charge in [0.2, 0.25) is 5.52 Å². The number of nitrogens with zero attached hydrogens (tertiary/aromatic N) is 7. The zero-order valence-corrected chi connectivity index (χ0v) is 23.0. The molecule has 4 aromatic rings. The summed E-state index contributed by atoms with van der Waals surface area (Å²) in [7, 11) is 1.68. The minimum Gasteiger partial charge on any atom is -0.361 e. The van der Waals surface area contributed by atoms with Crippen LogP contribution in [0.4, 0.5) is 16.0 Å². The van der Waals surface area contributed by atoms with Gasteiger partial charge in [0.05, 0.1) is 16.6 Å². The monoisotopic (exact) mass is 543 g/mol. The molecule has 0 N–H and O–H groups in total. The van der Waals surface area contributed by atoms with Crippen LogP contribution in [0.25, 0.3) is 15.9 Å². The van der Waals surface area contributed by atoms with Gasteiger partial charge in [0.25, 0.3) is 5.82 Å². The van der Waals surface area contributed by atoms with Crippen LogP contribution < -0.4 is 10.6 Å². The molecule has 0 bridgehead atoms. The van der Waals surface area contributed by atoms with E-state index in [0.717, 1.165) is 12.0 Å². The van der Waals surface area contributed by atoms with E-state index >= 15 is 0 Å². The number of rotatable bonds is 6. The van der Waals surface area contributed by atoms with Crippen molar-refractivity contribution in [1.82, 2.24) is 24.4 Å². The van der Waals surface area contributed by atoms with Gasteiger partial charge in [0.15, 0.2) is 5.82 Å². The molecule has 3 aromatic heterocycles. The van der Waals surface area contributed by atoms with E-state index in [2.05, 4.69) is 38.5 Å². The molecule has 0 spiro atoms. The summed E-state index contributed by atoms with van der Waals surface area (Å²) in [4.78, 5) is 35.9. The van der Waals surface area contributed by atoms with Crippen LogP contribution in [0.2, 0.25) is 0 Å². The number of piperazine rings is 1. The molecule has 6 rings (SSSR count). The maximum absolute atomic E-state index is 13.9. The molecule has 2 fully saturated rings. The van der Waals surface area contributed by atoms with Crippen LogP contribution in [0.15, 0.2) is 47.4 Å². The molecule has 39 heavy (non-hydrogen) atoms. The summed E-state index contributed by atoms with van der Waals surface area (Å²) in [5, 5.41) is 1.19. The van der Waals surface area contributed by atoms with E-state index in [-0.39, 0.29) is 35.5 Å². The molecule has 1 unspecified atom stereocenters. The van der Waals surface area contributed by atoms with Gasteiger partial charge in [-0.1, -0.05) is 25.6 Å². The van der Waals surface area contributed by atoms with Crippen LogP contribution in [-0.4, -0.2) is 49.6 Å². The normalized spacial score (nSPS) is 20.7. The van der Waals surface area contributed by atoms with E-state index < -0.39 is 0 Å². The largest absolute Gasteiger partial charge is 0.361 e. The van der Waals surface area contributed by atoms with Gasteiger partial charge < -0.3 is 9.74 Å². The maximum atomic E-state index is 13.9. The lowest BCUT2D eigenvalue weighted by Gasteiger charge is -2.48. The number of anilines is 1. The summed E-state index contributed by atoms with van der Waals surface area (Å²) in [5.41, 5.74) is 1.91. The third-order valence-electron chi connectivity index (χ3n) is 7.92. The van der Waals surface area contributed by atoms with Crippen LogP contribution >= 0.6 is 11.3 Å². The summed E-state index contributed by atoms with van der Waals surface area (Å²) in [6.45, 7) is 13.1. The standard InChI is InChI=1S/C29H30FN7OS/c1-5-21-16-36(27-25-22(35(4)29(38)34-27)12-13-24(31-3)33-25)17(2)15-37(21)26(18-8-10-20(30)11-9-18)23-14-32-28(39-23)19-6-7-19/h8-14,17,19,21,26H,5-7,15-16H2,1-2,4H3/t17-,21+,26?/m0/s1. The Hall–Kier alpha value is -3.68. The third kappa shape index (κ3) is 4.70. The lowest BCUT2D eigenvalue weighted by atomic mass is 9.96. The molecule has 2 aliphatic rings. The Bertz CT molecular complexity index is 1620. The molecule has 8 nitrogen and oxygen atoms in total. The third-order valence-corrected chi connectivity index (χ3v) is 9.13. The summed E-state index contributed by atoms with van der Waals surface area (Å²) in [6.07, 6.45) is 5.27. The average molecular weight is 544 g/mol. The van der Waals surface area contributed by atoms with Crippen molar-refractivity contribution in [3.05, 3.63) is 85.8 Å². The summed E-state index contributed by atoms with van der Waals surface area (Å²) >= 11 is 1.77. The van der Waals surface area contributed by atoms with E-state index in [9.17, 15) is 9.18 Å². The fourth-order valence-corrected chi connectivity index (χ4v) is 6.85. The Kier molecular flexibility index (Phi) is 6.65. The first kappa shape index (κ1) is 25.6. The molecule has 10 heteroatoms.